The van der Waals surface area contributed by atoms with Crippen molar-refractivity contribution in [1.82, 2.24) is 4.90 Å². The van der Waals surface area contributed by atoms with E-state index >= 15 is 0 Å². The maximum Gasteiger partial charge on any atom is 0.0991 e. The number of nitriles is 1. The van der Waals surface area contributed by atoms with Crippen LogP contribution < -0.4 is 0 Å². The highest BCUT2D eigenvalue weighted by atomic mass is 16.5. The first-order chi connectivity index (χ1) is 9.17. The fourth-order valence-electron chi connectivity index (χ4n) is 2.58. The van der Waals surface area contributed by atoms with E-state index in [1.807, 2.05) is 25.1 Å². The Labute approximate surface area is 114 Å². The first kappa shape index (κ1) is 14.0. The van der Waals surface area contributed by atoms with E-state index in [4.69, 9.17) is 14.7 Å². The van der Waals surface area contributed by atoms with Gasteiger partial charge in [0.15, 0.2) is 0 Å². The molecule has 1 aliphatic rings. The lowest BCUT2D eigenvalue weighted by molar-refractivity contribution is -0.00461. The number of benzene rings is 1. The Morgan fingerprint density at radius 2 is 1.89 bits per heavy atom. The Morgan fingerprint density at radius 1 is 1.26 bits per heavy atom. The monoisotopic (exact) mass is 260 g/mol. The molecule has 19 heavy (non-hydrogen) atoms. The molecule has 0 radical (unpaired) electrons. The summed E-state index contributed by atoms with van der Waals surface area (Å²) in [5.41, 5.74) is 3.13. The third-order valence-electron chi connectivity index (χ3n) is 3.76. The molecule has 0 amide bonds. The summed E-state index contributed by atoms with van der Waals surface area (Å²) in [7, 11) is 3.46. The lowest BCUT2D eigenvalue weighted by Gasteiger charge is -2.16. The summed E-state index contributed by atoms with van der Waals surface area (Å²) in [4.78, 5) is 2.33. The number of methoxy groups -OCH3 is 2. The molecule has 2 unspecified atom stereocenters. The van der Waals surface area contributed by atoms with Gasteiger partial charge in [-0.3, -0.25) is 4.90 Å². The number of aryl methyl sites for hydroxylation is 1. The predicted octanol–water partition coefficient (Wildman–Crippen LogP) is 1.71. The van der Waals surface area contributed by atoms with Crippen molar-refractivity contribution in [3.8, 4) is 6.07 Å². The van der Waals surface area contributed by atoms with Gasteiger partial charge in [0, 0.05) is 33.9 Å². The molecular formula is C15H20N2O2. The van der Waals surface area contributed by atoms with Gasteiger partial charge in [0.1, 0.15) is 0 Å². The van der Waals surface area contributed by atoms with Crippen LogP contribution in [0.2, 0.25) is 0 Å². The molecule has 1 saturated heterocycles. The smallest absolute Gasteiger partial charge is 0.0991 e. The van der Waals surface area contributed by atoms with E-state index in [-0.39, 0.29) is 12.2 Å². The minimum Gasteiger partial charge on any atom is -0.377 e. The van der Waals surface area contributed by atoms with Gasteiger partial charge in [0.05, 0.1) is 23.8 Å². The molecule has 1 aromatic carbocycles. The number of hydrogen-bond acceptors (Lipinski definition) is 4. The molecule has 0 aromatic heterocycles. The fourth-order valence-corrected chi connectivity index (χ4v) is 2.58. The van der Waals surface area contributed by atoms with Crippen LogP contribution in [0.3, 0.4) is 0 Å². The van der Waals surface area contributed by atoms with Crippen molar-refractivity contribution >= 4 is 0 Å². The topological polar surface area (TPSA) is 45.5 Å². The van der Waals surface area contributed by atoms with Crippen LogP contribution in [-0.4, -0.2) is 44.4 Å². The van der Waals surface area contributed by atoms with Crippen molar-refractivity contribution in [3.05, 3.63) is 34.9 Å². The second-order valence-corrected chi connectivity index (χ2v) is 5.00. The van der Waals surface area contributed by atoms with E-state index in [0.717, 1.165) is 25.2 Å². The lowest BCUT2D eigenvalue weighted by atomic mass is 10.1. The highest BCUT2D eigenvalue weighted by Crippen LogP contribution is 2.20. The standard InChI is InChI=1S/C15H20N2O2/c1-11-6-12(7-16)4-5-13(11)8-17-9-14(18-2)15(10-17)19-3/h4-6,14-15H,8-10H2,1-3H3. The normalized spacial score (nSPS) is 23.5. The van der Waals surface area contributed by atoms with E-state index in [2.05, 4.69) is 11.0 Å². The second kappa shape index (κ2) is 6.16. The summed E-state index contributed by atoms with van der Waals surface area (Å²) in [5, 5.41) is 8.88. The van der Waals surface area contributed by atoms with E-state index in [0.29, 0.717) is 5.56 Å². The molecule has 1 heterocycles. The van der Waals surface area contributed by atoms with Gasteiger partial charge in [-0.15, -0.1) is 0 Å². The molecule has 1 aromatic rings. The molecule has 0 bridgehead atoms. The fraction of sp³-hybridized carbons (Fsp3) is 0.533. The zero-order chi connectivity index (χ0) is 13.8. The average molecular weight is 260 g/mol. The third-order valence-corrected chi connectivity index (χ3v) is 3.76. The largest absolute Gasteiger partial charge is 0.377 e. The minimum absolute atomic E-state index is 0.142. The number of nitrogens with zero attached hydrogens (tertiary/aromatic N) is 2. The first-order valence-electron chi connectivity index (χ1n) is 6.45. The van der Waals surface area contributed by atoms with Gasteiger partial charge < -0.3 is 9.47 Å². The van der Waals surface area contributed by atoms with Crippen molar-refractivity contribution in [2.75, 3.05) is 27.3 Å². The van der Waals surface area contributed by atoms with Crippen LogP contribution >= 0.6 is 0 Å². The number of ether oxygens (including phenoxy) is 2. The van der Waals surface area contributed by atoms with Crippen LogP contribution in [0.25, 0.3) is 0 Å². The molecule has 2 atom stereocenters. The van der Waals surface area contributed by atoms with Crippen LogP contribution in [-0.2, 0) is 16.0 Å². The third kappa shape index (κ3) is 3.13. The summed E-state index contributed by atoms with van der Waals surface area (Å²) in [6, 6.07) is 8.02. The highest BCUT2D eigenvalue weighted by Gasteiger charge is 2.32. The van der Waals surface area contributed by atoms with Gasteiger partial charge in [0.25, 0.3) is 0 Å². The van der Waals surface area contributed by atoms with Gasteiger partial charge in [-0.2, -0.15) is 5.26 Å². The Morgan fingerprint density at radius 3 is 2.37 bits per heavy atom. The van der Waals surface area contributed by atoms with Gasteiger partial charge in [-0.25, -0.2) is 0 Å². The second-order valence-electron chi connectivity index (χ2n) is 5.00. The van der Waals surface area contributed by atoms with E-state index < -0.39 is 0 Å². The predicted molar refractivity (Wildman–Crippen MR) is 72.8 cm³/mol. The van der Waals surface area contributed by atoms with Gasteiger partial charge >= 0.3 is 0 Å². The molecule has 2 rings (SSSR count). The van der Waals surface area contributed by atoms with Crippen molar-refractivity contribution in [1.29, 1.82) is 5.26 Å². The van der Waals surface area contributed by atoms with Crippen molar-refractivity contribution in [2.24, 2.45) is 0 Å². The molecular weight excluding hydrogens is 240 g/mol. The maximum absolute atomic E-state index is 8.88. The van der Waals surface area contributed by atoms with Crippen LogP contribution in [0.5, 0.6) is 0 Å². The Kier molecular flexibility index (Phi) is 4.54. The summed E-state index contributed by atoms with van der Waals surface area (Å²) in [6.07, 6.45) is 0.285. The molecule has 0 aliphatic carbocycles. The number of likely N-dealkylation sites (tertiary alicyclic amines) is 1. The summed E-state index contributed by atoms with van der Waals surface area (Å²) in [5.74, 6) is 0. The molecule has 4 nitrogen and oxygen atoms in total. The molecule has 0 spiro atoms. The molecule has 4 heteroatoms. The van der Waals surface area contributed by atoms with Crippen LogP contribution in [0.15, 0.2) is 18.2 Å². The number of hydrogen-bond donors (Lipinski definition) is 0. The van der Waals surface area contributed by atoms with Crippen molar-refractivity contribution in [2.45, 2.75) is 25.7 Å². The Balaban J connectivity index is 2.05. The van der Waals surface area contributed by atoms with Gasteiger partial charge in [-0.1, -0.05) is 6.07 Å². The van der Waals surface area contributed by atoms with E-state index in [9.17, 15) is 0 Å². The molecule has 102 valence electrons. The quantitative estimate of drug-likeness (QED) is 0.827. The molecule has 1 aliphatic heterocycles. The Hall–Kier alpha value is -1.41. The Bertz CT molecular complexity index is 470. The van der Waals surface area contributed by atoms with Crippen molar-refractivity contribution < 1.29 is 9.47 Å². The maximum atomic E-state index is 8.88. The SMILES string of the molecule is COC1CN(Cc2ccc(C#N)cc2C)CC1OC. The zero-order valence-corrected chi connectivity index (χ0v) is 11.7. The lowest BCUT2D eigenvalue weighted by Crippen LogP contribution is -2.27. The van der Waals surface area contributed by atoms with E-state index in [1.54, 1.807) is 14.2 Å². The summed E-state index contributed by atoms with van der Waals surface area (Å²) < 4.78 is 10.9. The zero-order valence-electron chi connectivity index (χ0n) is 11.7. The minimum atomic E-state index is 0.142. The van der Waals surface area contributed by atoms with Gasteiger partial charge in [-0.05, 0) is 30.2 Å². The van der Waals surface area contributed by atoms with Crippen LogP contribution in [0.1, 0.15) is 16.7 Å². The molecule has 0 N–H and O–H groups in total. The average Bonchev–Trinajstić information content (AvgIpc) is 2.83. The molecule has 1 fully saturated rings. The van der Waals surface area contributed by atoms with Gasteiger partial charge in [0.2, 0.25) is 0 Å². The summed E-state index contributed by atoms with van der Waals surface area (Å²) in [6.45, 7) is 4.69. The van der Waals surface area contributed by atoms with Crippen molar-refractivity contribution in [3.63, 3.8) is 0 Å². The first-order valence-corrected chi connectivity index (χ1v) is 6.45. The molecule has 0 saturated carbocycles. The number of rotatable bonds is 4. The summed E-state index contributed by atoms with van der Waals surface area (Å²) >= 11 is 0. The highest BCUT2D eigenvalue weighted by molar-refractivity contribution is 5.37. The van der Waals surface area contributed by atoms with Crippen LogP contribution in [0.4, 0.5) is 0 Å². The van der Waals surface area contributed by atoms with Crippen LogP contribution in [0, 0.1) is 18.3 Å². The van der Waals surface area contributed by atoms with E-state index in [1.165, 1.54) is 5.56 Å².